The maximum Gasteiger partial charge on any atom is 0.115 e. The van der Waals surface area contributed by atoms with Gasteiger partial charge in [0, 0.05) is 24.0 Å². The number of halogens is 1. The second-order valence-corrected chi connectivity index (χ2v) is 4.66. The largest absolute Gasteiger partial charge is 0.375 e. The topological polar surface area (TPSA) is 37.8 Å². The number of nitrogens with zero attached hydrogens (tertiary/aromatic N) is 2. The van der Waals surface area contributed by atoms with Crippen molar-refractivity contribution in [3.63, 3.8) is 0 Å². The molecule has 0 saturated heterocycles. The van der Waals surface area contributed by atoms with Gasteiger partial charge in [-0.05, 0) is 12.5 Å². The molecule has 0 bridgehead atoms. The van der Waals surface area contributed by atoms with Crippen molar-refractivity contribution in [2.45, 2.75) is 19.4 Å². The molecule has 2 aromatic heterocycles. The molecule has 0 spiro atoms. The maximum absolute atomic E-state index is 6.04. The van der Waals surface area contributed by atoms with Crippen molar-refractivity contribution in [2.24, 2.45) is 0 Å². The number of anilines is 1. The minimum absolute atomic E-state index is 0.208. The van der Waals surface area contributed by atoms with Crippen LogP contribution < -0.4 is 5.32 Å². The van der Waals surface area contributed by atoms with Crippen LogP contribution in [0.25, 0.3) is 0 Å². The van der Waals surface area contributed by atoms with Gasteiger partial charge in [0.05, 0.1) is 16.8 Å². The predicted molar refractivity (Wildman–Crippen MR) is 68.0 cm³/mol. The molecule has 0 aromatic carbocycles. The molecule has 3 nitrogen and oxygen atoms in total. The zero-order chi connectivity index (χ0) is 11.4. The number of aromatic nitrogens is 2. The Hall–Kier alpha value is -1.13. The Kier molecular flexibility index (Phi) is 3.74. The Balaban J connectivity index is 2.17. The van der Waals surface area contributed by atoms with Gasteiger partial charge in [-0.2, -0.15) is 0 Å². The zero-order valence-electron chi connectivity index (χ0n) is 8.85. The van der Waals surface area contributed by atoms with Crippen LogP contribution in [0.5, 0.6) is 0 Å². The van der Waals surface area contributed by atoms with Gasteiger partial charge in [-0.25, -0.2) is 4.98 Å². The number of hydrogen-bond donors (Lipinski definition) is 1. The summed E-state index contributed by atoms with van der Waals surface area (Å²) in [6.45, 7) is 2.12. The minimum atomic E-state index is 0.208. The molecule has 0 radical (unpaired) electrons. The number of nitrogens with one attached hydrogen (secondary N) is 1. The van der Waals surface area contributed by atoms with Crippen LogP contribution in [0.4, 0.5) is 5.69 Å². The van der Waals surface area contributed by atoms with Crippen molar-refractivity contribution in [1.29, 1.82) is 0 Å². The lowest BCUT2D eigenvalue weighted by Crippen LogP contribution is -2.09. The third-order valence-corrected chi connectivity index (χ3v) is 3.45. The minimum Gasteiger partial charge on any atom is -0.375 e. The van der Waals surface area contributed by atoms with Crippen LogP contribution in [0.15, 0.2) is 30.0 Å². The third kappa shape index (κ3) is 2.51. The first-order valence-electron chi connectivity index (χ1n) is 5.06. The van der Waals surface area contributed by atoms with Gasteiger partial charge in [-0.3, -0.25) is 4.98 Å². The highest BCUT2D eigenvalue weighted by Gasteiger charge is 2.12. The molecule has 2 aromatic rings. The van der Waals surface area contributed by atoms with Crippen molar-refractivity contribution >= 4 is 28.6 Å². The predicted octanol–water partition coefficient (Wildman–Crippen LogP) is 3.75. The van der Waals surface area contributed by atoms with E-state index in [2.05, 4.69) is 22.2 Å². The highest BCUT2D eigenvalue weighted by Crippen LogP contribution is 2.27. The van der Waals surface area contributed by atoms with Gasteiger partial charge >= 0.3 is 0 Å². The van der Waals surface area contributed by atoms with Crippen molar-refractivity contribution < 1.29 is 0 Å². The molecule has 84 valence electrons. The summed E-state index contributed by atoms with van der Waals surface area (Å²) < 4.78 is 0. The molecule has 5 heteroatoms. The van der Waals surface area contributed by atoms with Gasteiger partial charge in [0.15, 0.2) is 0 Å². The fraction of sp³-hybridized carbons (Fsp3) is 0.273. The molecule has 0 aliphatic heterocycles. The first-order valence-corrected chi connectivity index (χ1v) is 6.32. The van der Waals surface area contributed by atoms with Crippen molar-refractivity contribution in [1.82, 2.24) is 9.97 Å². The van der Waals surface area contributed by atoms with Crippen LogP contribution >= 0.6 is 22.9 Å². The molecule has 0 saturated carbocycles. The first-order chi connectivity index (χ1) is 7.81. The van der Waals surface area contributed by atoms with Crippen LogP contribution in [0.3, 0.4) is 0 Å². The molecule has 16 heavy (non-hydrogen) atoms. The second kappa shape index (κ2) is 5.27. The molecule has 1 unspecified atom stereocenters. The Morgan fingerprint density at radius 1 is 1.50 bits per heavy atom. The monoisotopic (exact) mass is 253 g/mol. The smallest absolute Gasteiger partial charge is 0.115 e. The van der Waals surface area contributed by atoms with E-state index >= 15 is 0 Å². The van der Waals surface area contributed by atoms with E-state index in [0.717, 1.165) is 17.1 Å². The van der Waals surface area contributed by atoms with E-state index in [0.29, 0.717) is 5.02 Å². The molecule has 0 amide bonds. The van der Waals surface area contributed by atoms with Gasteiger partial charge in [0.1, 0.15) is 5.01 Å². The van der Waals surface area contributed by atoms with Gasteiger partial charge in [0.25, 0.3) is 0 Å². The van der Waals surface area contributed by atoms with Crippen molar-refractivity contribution in [3.8, 4) is 0 Å². The SMILES string of the molecule is CCC(Nc1ccncc1Cl)c1nccs1. The van der Waals surface area contributed by atoms with E-state index in [1.54, 1.807) is 23.7 Å². The second-order valence-electron chi connectivity index (χ2n) is 3.33. The van der Waals surface area contributed by atoms with Crippen LogP contribution in [0, 0.1) is 0 Å². The number of rotatable bonds is 4. The summed E-state index contributed by atoms with van der Waals surface area (Å²) in [6.07, 6.45) is 6.14. The van der Waals surface area contributed by atoms with Crippen LogP contribution in [-0.2, 0) is 0 Å². The molecule has 0 fully saturated rings. The lowest BCUT2D eigenvalue weighted by atomic mass is 10.2. The summed E-state index contributed by atoms with van der Waals surface area (Å²) in [7, 11) is 0. The van der Waals surface area contributed by atoms with Gasteiger partial charge in [-0.1, -0.05) is 18.5 Å². The van der Waals surface area contributed by atoms with Crippen LogP contribution in [-0.4, -0.2) is 9.97 Å². The first kappa shape index (κ1) is 11.4. The standard InChI is InChI=1S/C11H12ClN3S/c1-2-9(11-14-5-6-16-11)15-10-3-4-13-7-8(10)12/h3-7,9H,2H2,1H3,(H,13,15). The van der Waals surface area contributed by atoms with Gasteiger partial charge < -0.3 is 5.32 Å². The average Bonchev–Trinajstić information content (AvgIpc) is 2.81. The van der Waals surface area contributed by atoms with Crippen molar-refractivity contribution in [3.05, 3.63) is 40.1 Å². The van der Waals surface area contributed by atoms with E-state index in [-0.39, 0.29) is 6.04 Å². The van der Waals surface area contributed by atoms with Gasteiger partial charge in [0.2, 0.25) is 0 Å². The fourth-order valence-corrected chi connectivity index (χ4v) is 2.37. The molecule has 0 aliphatic rings. The molecule has 2 heterocycles. The number of hydrogen-bond acceptors (Lipinski definition) is 4. The van der Waals surface area contributed by atoms with Crippen LogP contribution in [0.2, 0.25) is 5.02 Å². The molecule has 1 atom stereocenters. The summed E-state index contributed by atoms with van der Waals surface area (Å²) in [5.74, 6) is 0. The maximum atomic E-state index is 6.04. The van der Waals surface area contributed by atoms with E-state index in [4.69, 9.17) is 11.6 Å². The highest BCUT2D eigenvalue weighted by molar-refractivity contribution is 7.09. The summed E-state index contributed by atoms with van der Waals surface area (Å²) in [6, 6.07) is 2.08. The molecule has 0 aliphatic carbocycles. The number of thiazole rings is 1. The summed E-state index contributed by atoms with van der Waals surface area (Å²) in [5.41, 5.74) is 0.902. The van der Waals surface area contributed by atoms with E-state index in [1.807, 2.05) is 17.6 Å². The van der Waals surface area contributed by atoms with Crippen molar-refractivity contribution in [2.75, 3.05) is 5.32 Å². The summed E-state index contributed by atoms with van der Waals surface area (Å²) in [5, 5.41) is 7.07. The Bertz CT molecular complexity index is 444. The third-order valence-electron chi connectivity index (χ3n) is 2.26. The molecular weight excluding hydrogens is 242 g/mol. The van der Waals surface area contributed by atoms with E-state index in [1.165, 1.54) is 0 Å². The van der Waals surface area contributed by atoms with Gasteiger partial charge in [-0.15, -0.1) is 11.3 Å². The summed E-state index contributed by atoms with van der Waals surface area (Å²) in [4.78, 5) is 8.27. The zero-order valence-corrected chi connectivity index (χ0v) is 10.4. The molecule has 1 N–H and O–H groups in total. The lowest BCUT2D eigenvalue weighted by Gasteiger charge is -2.16. The van der Waals surface area contributed by atoms with E-state index < -0.39 is 0 Å². The summed E-state index contributed by atoms with van der Waals surface area (Å²) >= 11 is 7.69. The quantitative estimate of drug-likeness (QED) is 0.902. The molecule has 2 rings (SSSR count). The normalized spacial score (nSPS) is 12.4. The fourth-order valence-electron chi connectivity index (χ4n) is 1.42. The Labute approximate surface area is 104 Å². The lowest BCUT2D eigenvalue weighted by molar-refractivity contribution is 0.742. The van der Waals surface area contributed by atoms with Crippen LogP contribution in [0.1, 0.15) is 24.4 Å². The van der Waals surface area contributed by atoms with E-state index in [9.17, 15) is 0 Å². The highest BCUT2D eigenvalue weighted by atomic mass is 35.5. The average molecular weight is 254 g/mol. The number of pyridine rings is 1. The Morgan fingerprint density at radius 3 is 3.00 bits per heavy atom. The molecular formula is C11H12ClN3S. The Morgan fingerprint density at radius 2 is 2.38 bits per heavy atom.